The maximum Gasteiger partial charge on any atom is 0.113 e. The van der Waals surface area contributed by atoms with Gasteiger partial charge in [0.25, 0.3) is 0 Å². The largest absolute Gasteiger partial charge is 0.328 e. The highest BCUT2D eigenvalue weighted by molar-refractivity contribution is 5.77. The minimum Gasteiger partial charge on any atom is -0.328 e. The zero-order chi connectivity index (χ0) is 15.4. The van der Waals surface area contributed by atoms with Gasteiger partial charge in [0.1, 0.15) is 5.82 Å². The van der Waals surface area contributed by atoms with Crippen LogP contribution in [0.4, 0.5) is 0 Å². The highest BCUT2D eigenvalue weighted by atomic mass is 15.1. The summed E-state index contributed by atoms with van der Waals surface area (Å²) in [7, 11) is 0. The first kappa shape index (κ1) is 15.5. The number of aromatic nitrogens is 2. The van der Waals surface area contributed by atoms with Gasteiger partial charge in [-0.2, -0.15) is 0 Å². The van der Waals surface area contributed by atoms with Crippen LogP contribution in [-0.2, 0) is 13.0 Å². The van der Waals surface area contributed by atoms with Gasteiger partial charge in [0.15, 0.2) is 0 Å². The van der Waals surface area contributed by atoms with Crippen LogP contribution in [0.25, 0.3) is 11.0 Å². The summed E-state index contributed by atoms with van der Waals surface area (Å²) in [6, 6.07) is 6.85. The number of piperidine rings is 1. The molecule has 1 N–H and O–H groups in total. The summed E-state index contributed by atoms with van der Waals surface area (Å²) in [6.45, 7) is 7.86. The lowest BCUT2D eigenvalue weighted by Crippen LogP contribution is -2.28. The molecule has 2 aromatic rings. The molecule has 1 fully saturated rings. The number of nitrogens with one attached hydrogen (secondary N) is 1. The van der Waals surface area contributed by atoms with Crippen molar-refractivity contribution in [2.24, 2.45) is 0 Å². The van der Waals surface area contributed by atoms with E-state index in [4.69, 9.17) is 4.98 Å². The normalized spacial score (nSPS) is 16.5. The zero-order valence-corrected chi connectivity index (χ0v) is 14.1. The van der Waals surface area contributed by atoms with Gasteiger partial charge >= 0.3 is 0 Å². The molecule has 0 aliphatic carbocycles. The molecule has 0 atom stereocenters. The molecule has 120 valence electrons. The Morgan fingerprint density at radius 1 is 1.18 bits per heavy atom. The van der Waals surface area contributed by atoms with E-state index in [0.29, 0.717) is 5.92 Å². The molecule has 0 amide bonds. The van der Waals surface area contributed by atoms with E-state index in [1.807, 2.05) is 0 Å². The van der Waals surface area contributed by atoms with Crippen LogP contribution >= 0.6 is 0 Å². The van der Waals surface area contributed by atoms with Gasteiger partial charge in [-0.25, -0.2) is 4.98 Å². The van der Waals surface area contributed by atoms with Crippen molar-refractivity contribution in [3.8, 4) is 0 Å². The molecular weight excluding hydrogens is 270 g/mol. The van der Waals surface area contributed by atoms with Crippen LogP contribution in [0.5, 0.6) is 0 Å². The molecule has 22 heavy (non-hydrogen) atoms. The second-order valence-corrected chi connectivity index (χ2v) is 6.53. The molecule has 1 aromatic heterocycles. The number of aryl methyl sites for hydroxylation is 2. The van der Waals surface area contributed by atoms with Crippen molar-refractivity contribution in [3.63, 3.8) is 0 Å². The van der Waals surface area contributed by atoms with Crippen LogP contribution in [0, 0.1) is 0 Å². The van der Waals surface area contributed by atoms with Crippen molar-refractivity contribution in [2.45, 2.75) is 64.8 Å². The maximum atomic E-state index is 5.06. The average molecular weight is 299 g/mol. The fourth-order valence-corrected chi connectivity index (χ4v) is 3.56. The first-order chi connectivity index (χ1) is 10.8. The van der Waals surface area contributed by atoms with Crippen LogP contribution in [0.15, 0.2) is 18.2 Å². The Morgan fingerprint density at radius 2 is 2.00 bits per heavy atom. The summed E-state index contributed by atoms with van der Waals surface area (Å²) < 4.78 is 2.51. The van der Waals surface area contributed by atoms with Crippen LogP contribution < -0.4 is 5.32 Å². The van der Waals surface area contributed by atoms with Gasteiger partial charge in [-0.1, -0.05) is 32.8 Å². The molecule has 1 aliphatic rings. The molecule has 0 bridgehead atoms. The molecule has 0 radical (unpaired) electrons. The van der Waals surface area contributed by atoms with Crippen molar-refractivity contribution in [1.82, 2.24) is 14.9 Å². The number of rotatable bonds is 6. The van der Waals surface area contributed by atoms with E-state index in [2.05, 4.69) is 41.9 Å². The third-order valence-electron chi connectivity index (χ3n) is 4.94. The maximum absolute atomic E-state index is 5.06. The van der Waals surface area contributed by atoms with E-state index < -0.39 is 0 Å². The van der Waals surface area contributed by atoms with Gasteiger partial charge in [-0.3, -0.25) is 0 Å². The van der Waals surface area contributed by atoms with Crippen molar-refractivity contribution in [2.75, 3.05) is 13.1 Å². The summed E-state index contributed by atoms with van der Waals surface area (Å²) in [6.07, 6.45) is 7.36. The Balaban J connectivity index is 1.97. The van der Waals surface area contributed by atoms with Crippen molar-refractivity contribution >= 4 is 11.0 Å². The number of hydrogen-bond acceptors (Lipinski definition) is 2. The number of nitrogens with zero attached hydrogens (tertiary/aromatic N) is 2. The lowest BCUT2D eigenvalue weighted by molar-refractivity contribution is 0.429. The molecule has 2 heterocycles. The number of hydrogen-bond donors (Lipinski definition) is 1. The third-order valence-corrected chi connectivity index (χ3v) is 4.94. The summed E-state index contributed by atoms with van der Waals surface area (Å²) in [5.74, 6) is 1.96. The van der Waals surface area contributed by atoms with Gasteiger partial charge in [-0.15, -0.1) is 0 Å². The SMILES string of the molecule is CCCCCn1c(C2CCNCC2)nc2cc(CC)ccc21. The number of benzene rings is 1. The average Bonchev–Trinajstić information content (AvgIpc) is 2.94. The topological polar surface area (TPSA) is 29.9 Å². The van der Waals surface area contributed by atoms with Gasteiger partial charge in [0, 0.05) is 12.5 Å². The highest BCUT2D eigenvalue weighted by Gasteiger charge is 2.22. The van der Waals surface area contributed by atoms with E-state index in [-0.39, 0.29) is 0 Å². The van der Waals surface area contributed by atoms with Gasteiger partial charge in [0.05, 0.1) is 11.0 Å². The fraction of sp³-hybridized carbons (Fsp3) is 0.632. The van der Waals surface area contributed by atoms with E-state index in [1.165, 1.54) is 54.5 Å². The third kappa shape index (κ3) is 3.19. The van der Waals surface area contributed by atoms with Crippen molar-refractivity contribution in [3.05, 3.63) is 29.6 Å². The molecule has 0 saturated carbocycles. The molecule has 1 saturated heterocycles. The number of unbranched alkanes of at least 4 members (excludes halogenated alkanes) is 2. The second kappa shape index (κ2) is 7.28. The first-order valence-electron chi connectivity index (χ1n) is 9.03. The molecule has 0 spiro atoms. The molecule has 3 heteroatoms. The summed E-state index contributed by atoms with van der Waals surface area (Å²) in [5, 5.41) is 3.47. The van der Waals surface area contributed by atoms with Gasteiger partial charge < -0.3 is 9.88 Å². The Labute approximate surface area is 134 Å². The lowest BCUT2D eigenvalue weighted by atomic mass is 9.97. The van der Waals surface area contributed by atoms with Crippen LogP contribution in [-0.4, -0.2) is 22.6 Å². The van der Waals surface area contributed by atoms with Crippen molar-refractivity contribution in [1.29, 1.82) is 0 Å². The summed E-state index contributed by atoms with van der Waals surface area (Å²) in [4.78, 5) is 5.06. The molecular formula is C19H29N3. The molecule has 3 rings (SSSR count). The Bertz CT molecular complexity index is 608. The van der Waals surface area contributed by atoms with Gasteiger partial charge in [-0.05, 0) is 56.5 Å². The summed E-state index contributed by atoms with van der Waals surface area (Å²) >= 11 is 0. The monoisotopic (exact) mass is 299 g/mol. The minimum atomic E-state index is 0.625. The number of fused-ring (bicyclic) bond motifs is 1. The van der Waals surface area contributed by atoms with Gasteiger partial charge in [0.2, 0.25) is 0 Å². The standard InChI is InChI=1S/C19H29N3/c1-3-5-6-13-22-18-8-7-15(4-2)14-17(18)21-19(22)16-9-11-20-12-10-16/h7-8,14,16,20H,3-6,9-13H2,1-2H3. The van der Waals surface area contributed by atoms with E-state index in [1.54, 1.807) is 0 Å². The second-order valence-electron chi connectivity index (χ2n) is 6.53. The van der Waals surface area contributed by atoms with E-state index >= 15 is 0 Å². The fourth-order valence-electron chi connectivity index (χ4n) is 3.56. The first-order valence-corrected chi connectivity index (χ1v) is 9.03. The smallest absolute Gasteiger partial charge is 0.113 e. The quantitative estimate of drug-likeness (QED) is 0.808. The lowest BCUT2D eigenvalue weighted by Gasteiger charge is -2.23. The Kier molecular flexibility index (Phi) is 5.14. The minimum absolute atomic E-state index is 0.625. The number of imidazole rings is 1. The van der Waals surface area contributed by atoms with Crippen LogP contribution in [0.1, 0.15) is 63.3 Å². The van der Waals surface area contributed by atoms with Crippen LogP contribution in [0.3, 0.4) is 0 Å². The van der Waals surface area contributed by atoms with E-state index in [0.717, 1.165) is 26.1 Å². The van der Waals surface area contributed by atoms with Crippen LogP contribution in [0.2, 0.25) is 0 Å². The molecule has 3 nitrogen and oxygen atoms in total. The molecule has 1 aromatic carbocycles. The Morgan fingerprint density at radius 3 is 2.73 bits per heavy atom. The predicted molar refractivity (Wildman–Crippen MR) is 93.5 cm³/mol. The molecule has 1 aliphatic heterocycles. The van der Waals surface area contributed by atoms with E-state index in [9.17, 15) is 0 Å². The molecule has 0 unspecified atom stereocenters. The Hall–Kier alpha value is -1.35. The predicted octanol–water partition coefficient (Wildman–Crippen LogP) is 4.26. The zero-order valence-electron chi connectivity index (χ0n) is 14.1. The highest BCUT2D eigenvalue weighted by Crippen LogP contribution is 2.29. The summed E-state index contributed by atoms with van der Waals surface area (Å²) in [5.41, 5.74) is 3.92. The van der Waals surface area contributed by atoms with Crippen molar-refractivity contribution < 1.29 is 0 Å².